The number of hydrogen-bond acceptors (Lipinski definition) is 4. The van der Waals surface area contributed by atoms with Gasteiger partial charge in [0.1, 0.15) is 10.3 Å². The van der Waals surface area contributed by atoms with Crippen LogP contribution in [0.4, 0.5) is 0 Å². The predicted molar refractivity (Wildman–Crippen MR) is 78.6 cm³/mol. The van der Waals surface area contributed by atoms with Gasteiger partial charge in [0, 0.05) is 43.9 Å². The van der Waals surface area contributed by atoms with Crippen LogP contribution in [0.1, 0.15) is 28.6 Å². The third-order valence-corrected chi connectivity index (χ3v) is 4.06. The van der Waals surface area contributed by atoms with Crippen LogP contribution in [-0.4, -0.2) is 39.0 Å². The molecule has 1 amide bonds. The SMILES string of the molecule is Cn1nc(Br)cc1C(=O)NC[C@H]1CCO[C@@H]1c1cn[nH]c1. The molecule has 0 aromatic carbocycles. The first-order valence-electron chi connectivity index (χ1n) is 6.73. The van der Waals surface area contributed by atoms with Crippen LogP contribution in [-0.2, 0) is 11.8 Å². The van der Waals surface area contributed by atoms with E-state index in [-0.39, 0.29) is 17.9 Å². The van der Waals surface area contributed by atoms with Crippen molar-refractivity contribution in [2.24, 2.45) is 13.0 Å². The molecule has 0 aliphatic carbocycles. The summed E-state index contributed by atoms with van der Waals surface area (Å²) < 4.78 is 7.94. The molecule has 0 spiro atoms. The van der Waals surface area contributed by atoms with Crippen LogP contribution in [0.5, 0.6) is 0 Å². The summed E-state index contributed by atoms with van der Waals surface area (Å²) in [6, 6.07) is 1.70. The quantitative estimate of drug-likeness (QED) is 0.870. The average molecular weight is 354 g/mol. The van der Waals surface area contributed by atoms with E-state index in [9.17, 15) is 4.79 Å². The molecule has 2 aromatic rings. The van der Waals surface area contributed by atoms with Gasteiger partial charge in [0.2, 0.25) is 0 Å². The van der Waals surface area contributed by atoms with Gasteiger partial charge in [0.05, 0.1) is 12.3 Å². The molecule has 0 radical (unpaired) electrons. The second-order valence-corrected chi connectivity index (χ2v) is 5.87. The minimum Gasteiger partial charge on any atom is -0.373 e. The van der Waals surface area contributed by atoms with Gasteiger partial charge >= 0.3 is 0 Å². The molecule has 7 nitrogen and oxygen atoms in total. The van der Waals surface area contributed by atoms with Crippen LogP contribution in [0, 0.1) is 5.92 Å². The number of nitrogens with zero attached hydrogens (tertiary/aromatic N) is 3. The van der Waals surface area contributed by atoms with E-state index >= 15 is 0 Å². The van der Waals surface area contributed by atoms with Crippen molar-refractivity contribution in [2.45, 2.75) is 12.5 Å². The van der Waals surface area contributed by atoms with Crippen molar-refractivity contribution in [3.05, 3.63) is 34.3 Å². The highest BCUT2D eigenvalue weighted by Crippen LogP contribution is 2.33. The van der Waals surface area contributed by atoms with Gasteiger partial charge in [-0.05, 0) is 22.4 Å². The molecular formula is C13H16BrN5O2. The zero-order valence-corrected chi connectivity index (χ0v) is 13.1. The number of carbonyl (C=O) groups is 1. The van der Waals surface area contributed by atoms with Gasteiger partial charge in [-0.1, -0.05) is 0 Å². The highest BCUT2D eigenvalue weighted by molar-refractivity contribution is 9.10. The van der Waals surface area contributed by atoms with E-state index in [2.05, 4.69) is 36.5 Å². The first-order chi connectivity index (χ1) is 10.1. The Morgan fingerprint density at radius 3 is 3.19 bits per heavy atom. The second kappa shape index (κ2) is 5.98. The standard InChI is InChI=1S/C13H16BrN5O2/c1-19-10(4-11(14)18-19)13(20)15-5-8-2-3-21-12(8)9-6-16-17-7-9/h4,6-8,12H,2-3,5H2,1H3,(H,15,20)(H,16,17)/t8-,12+/m1/s1. The van der Waals surface area contributed by atoms with Crippen molar-refractivity contribution in [3.63, 3.8) is 0 Å². The van der Waals surface area contributed by atoms with E-state index in [4.69, 9.17) is 4.74 Å². The molecule has 8 heteroatoms. The highest BCUT2D eigenvalue weighted by atomic mass is 79.9. The predicted octanol–water partition coefficient (Wildman–Crippen LogP) is 1.41. The van der Waals surface area contributed by atoms with E-state index in [1.54, 1.807) is 24.0 Å². The zero-order chi connectivity index (χ0) is 14.8. The number of amides is 1. The number of carbonyl (C=O) groups excluding carboxylic acids is 1. The lowest BCUT2D eigenvalue weighted by Gasteiger charge is -2.17. The monoisotopic (exact) mass is 353 g/mol. The van der Waals surface area contributed by atoms with Crippen molar-refractivity contribution in [1.29, 1.82) is 0 Å². The largest absolute Gasteiger partial charge is 0.373 e. The van der Waals surface area contributed by atoms with Gasteiger partial charge in [0.15, 0.2) is 0 Å². The lowest BCUT2D eigenvalue weighted by molar-refractivity contribution is 0.0842. The summed E-state index contributed by atoms with van der Waals surface area (Å²) in [5, 5.41) is 13.8. The highest BCUT2D eigenvalue weighted by Gasteiger charge is 2.30. The van der Waals surface area contributed by atoms with Crippen molar-refractivity contribution >= 4 is 21.8 Å². The minimum absolute atomic E-state index is 0.0117. The fourth-order valence-electron chi connectivity index (χ4n) is 2.59. The summed E-state index contributed by atoms with van der Waals surface area (Å²) in [5.41, 5.74) is 1.55. The number of aromatic nitrogens is 4. The Morgan fingerprint density at radius 1 is 1.67 bits per heavy atom. The maximum Gasteiger partial charge on any atom is 0.269 e. The topological polar surface area (TPSA) is 84.8 Å². The molecule has 21 heavy (non-hydrogen) atoms. The molecule has 0 bridgehead atoms. The van der Waals surface area contributed by atoms with Gasteiger partial charge in [-0.2, -0.15) is 10.2 Å². The Labute approximate surface area is 130 Å². The number of hydrogen-bond donors (Lipinski definition) is 2. The Hall–Kier alpha value is -1.67. The van der Waals surface area contributed by atoms with Gasteiger partial charge in [0.25, 0.3) is 5.91 Å². The smallest absolute Gasteiger partial charge is 0.269 e. The van der Waals surface area contributed by atoms with E-state index in [0.29, 0.717) is 23.4 Å². The molecule has 3 rings (SSSR count). The van der Waals surface area contributed by atoms with Crippen molar-refractivity contribution in [1.82, 2.24) is 25.3 Å². The first-order valence-corrected chi connectivity index (χ1v) is 7.52. The van der Waals surface area contributed by atoms with Crippen LogP contribution in [0.2, 0.25) is 0 Å². The maximum atomic E-state index is 12.2. The lowest BCUT2D eigenvalue weighted by atomic mass is 9.97. The minimum atomic E-state index is -0.131. The fraction of sp³-hybridized carbons (Fsp3) is 0.462. The molecular weight excluding hydrogens is 338 g/mol. The summed E-state index contributed by atoms with van der Waals surface area (Å²) in [5.74, 6) is 0.122. The van der Waals surface area contributed by atoms with Crippen LogP contribution < -0.4 is 5.32 Å². The maximum absolute atomic E-state index is 12.2. The summed E-state index contributed by atoms with van der Waals surface area (Å²) in [4.78, 5) is 12.2. The number of halogens is 1. The van der Waals surface area contributed by atoms with Crippen molar-refractivity contribution < 1.29 is 9.53 Å². The molecule has 2 aromatic heterocycles. The van der Waals surface area contributed by atoms with Gasteiger partial charge in [-0.25, -0.2) is 0 Å². The van der Waals surface area contributed by atoms with Gasteiger partial charge < -0.3 is 10.1 Å². The molecule has 1 fully saturated rings. The van der Waals surface area contributed by atoms with E-state index in [0.717, 1.165) is 12.0 Å². The van der Waals surface area contributed by atoms with Crippen LogP contribution in [0.25, 0.3) is 0 Å². The third-order valence-electron chi connectivity index (χ3n) is 3.67. The number of rotatable bonds is 4. The average Bonchev–Trinajstić information content (AvgIpc) is 3.15. The van der Waals surface area contributed by atoms with E-state index < -0.39 is 0 Å². The van der Waals surface area contributed by atoms with Gasteiger partial charge in [-0.3, -0.25) is 14.6 Å². The molecule has 1 saturated heterocycles. The summed E-state index contributed by atoms with van der Waals surface area (Å²) in [6.07, 6.45) is 4.51. The molecule has 1 aliphatic heterocycles. The lowest BCUT2D eigenvalue weighted by Crippen LogP contribution is -2.31. The molecule has 2 N–H and O–H groups in total. The number of nitrogens with one attached hydrogen (secondary N) is 2. The number of H-pyrrole nitrogens is 1. The molecule has 3 heterocycles. The Balaban J connectivity index is 1.62. The fourth-order valence-corrected chi connectivity index (χ4v) is 3.04. The molecule has 2 atom stereocenters. The summed E-state index contributed by atoms with van der Waals surface area (Å²) in [7, 11) is 1.74. The van der Waals surface area contributed by atoms with E-state index in [1.807, 2.05) is 6.20 Å². The Bertz CT molecular complexity index is 625. The summed E-state index contributed by atoms with van der Waals surface area (Å²) in [6.45, 7) is 1.27. The molecule has 0 unspecified atom stereocenters. The number of aryl methyl sites for hydroxylation is 1. The third kappa shape index (κ3) is 3.01. The molecule has 112 valence electrons. The molecule has 1 aliphatic rings. The number of aromatic amines is 1. The molecule has 0 saturated carbocycles. The Kier molecular flexibility index (Phi) is 4.07. The van der Waals surface area contributed by atoms with E-state index in [1.165, 1.54) is 0 Å². The normalized spacial score (nSPS) is 21.6. The van der Waals surface area contributed by atoms with Crippen LogP contribution >= 0.6 is 15.9 Å². The van der Waals surface area contributed by atoms with Crippen LogP contribution in [0.3, 0.4) is 0 Å². The first kappa shape index (κ1) is 14.3. The Morgan fingerprint density at radius 2 is 2.52 bits per heavy atom. The number of ether oxygens (including phenoxy) is 1. The van der Waals surface area contributed by atoms with Crippen LogP contribution in [0.15, 0.2) is 23.1 Å². The zero-order valence-electron chi connectivity index (χ0n) is 11.5. The van der Waals surface area contributed by atoms with Gasteiger partial charge in [-0.15, -0.1) is 0 Å². The summed E-state index contributed by atoms with van der Waals surface area (Å²) >= 11 is 3.26. The second-order valence-electron chi connectivity index (χ2n) is 5.06. The van der Waals surface area contributed by atoms with Crippen molar-refractivity contribution in [3.8, 4) is 0 Å². The van der Waals surface area contributed by atoms with Crippen molar-refractivity contribution in [2.75, 3.05) is 13.2 Å².